The van der Waals surface area contributed by atoms with Crippen molar-refractivity contribution in [2.45, 2.75) is 18.1 Å². The van der Waals surface area contributed by atoms with E-state index in [1.54, 1.807) is 37.4 Å². The Labute approximate surface area is 196 Å². The summed E-state index contributed by atoms with van der Waals surface area (Å²) in [6.45, 7) is 0. The normalized spacial score (nSPS) is 22.0. The molecule has 2 atom stereocenters. The van der Waals surface area contributed by atoms with Gasteiger partial charge in [-0.2, -0.15) is 5.26 Å². The molecular formula is C24H24N2O6S. The fraction of sp³-hybridized carbons (Fsp3) is 0.333. The second-order valence-electron chi connectivity index (χ2n) is 7.61. The first-order chi connectivity index (χ1) is 15.9. The zero-order valence-corrected chi connectivity index (χ0v) is 19.6. The Morgan fingerprint density at radius 3 is 2.21 bits per heavy atom. The fourth-order valence-electron chi connectivity index (χ4n) is 4.28. The van der Waals surface area contributed by atoms with Gasteiger partial charge in [-0.15, -0.1) is 11.8 Å². The van der Waals surface area contributed by atoms with Crippen molar-refractivity contribution < 1.29 is 28.8 Å². The standard InChI is InChI=1S/C24H24N2O6S/c1-29-18-7-5-14(9-20(18)31-3)16-11-22(27)26-23(17(16)12-25)33-13-24(26,28)15-6-8-19(30-2)21(10-15)32-4/h5-10,16,28H,11,13H2,1-4H3/t16-,24+/m1/s1. The van der Waals surface area contributed by atoms with Crippen LogP contribution in [0, 0.1) is 11.3 Å². The summed E-state index contributed by atoms with van der Waals surface area (Å²) in [5.41, 5.74) is 0.0781. The van der Waals surface area contributed by atoms with E-state index in [1.165, 1.54) is 38.0 Å². The smallest absolute Gasteiger partial charge is 0.231 e. The summed E-state index contributed by atoms with van der Waals surface area (Å²) in [5, 5.41) is 22.1. The molecule has 4 rings (SSSR count). The zero-order chi connectivity index (χ0) is 23.8. The van der Waals surface area contributed by atoms with Gasteiger partial charge in [0.15, 0.2) is 28.7 Å². The van der Waals surface area contributed by atoms with Crippen molar-refractivity contribution in [3.63, 3.8) is 0 Å². The van der Waals surface area contributed by atoms with E-state index in [2.05, 4.69) is 6.07 Å². The molecule has 2 aromatic carbocycles. The predicted octanol–water partition coefficient (Wildman–Crippen LogP) is 3.36. The number of carbonyl (C=O) groups is 1. The molecule has 1 amide bonds. The van der Waals surface area contributed by atoms with Gasteiger partial charge in [0, 0.05) is 17.9 Å². The number of aliphatic hydroxyl groups is 1. The number of hydrogen-bond donors (Lipinski definition) is 1. The average molecular weight is 469 g/mol. The number of allylic oxidation sites excluding steroid dienone is 1. The largest absolute Gasteiger partial charge is 0.493 e. The minimum absolute atomic E-state index is 0.0397. The van der Waals surface area contributed by atoms with Crippen molar-refractivity contribution in [3.05, 3.63) is 58.1 Å². The number of nitrogens with zero attached hydrogens (tertiary/aromatic N) is 2. The van der Waals surface area contributed by atoms with Gasteiger partial charge in [-0.25, -0.2) is 0 Å². The summed E-state index contributed by atoms with van der Waals surface area (Å²) in [7, 11) is 6.12. The Hall–Kier alpha value is -3.35. The summed E-state index contributed by atoms with van der Waals surface area (Å²) in [4.78, 5) is 14.7. The van der Waals surface area contributed by atoms with E-state index in [-0.39, 0.29) is 18.1 Å². The molecule has 0 aliphatic carbocycles. The number of methoxy groups -OCH3 is 4. The maximum absolute atomic E-state index is 13.4. The molecule has 0 spiro atoms. The third-order valence-corrected chi connectivity index (χ3v) is 7.19. The van der Waals surface area contributed by atoms with Crippen LogP contribution in [0.15, 0.2) is 47.0 Å². The second kappa shape index (κ2) is 8.89. The van der Waals surface area contributed by atoms with Crippen molar-refractivity contribution in [1.29, 1.82) is 5.26 Å². The lowest BCUT2D eigenvalue weighted by Gasteiger charge is -2.38. The lowest BCUT2D eigenvalue weighted by Crippen LogP contribution is -2.48. The Bertz CT molecular complexity index is 1170. The lowest BCUT2D eigenvalue weighted by molar-refractivity contribution is -0.149. The molecule has 2 aliphatic heterocycles. The van der Waals surface area contributed by atoms with Crippen LogP contribution in [0.5, 0.6) is 23.0 Å². The van der Waals surface area contributed by atoms with E-state index >= 15 is 0 Å². The van der Waals surface area contributed by atoms with Crippen molar-refractivity contribution >= 4 is 17.7 Å². The molecular weight excluding hydrogens is 444 g/mol. The Balaban J connectivity index is 1.78. The number of fused-ring (bicyclic) bond motifs is 1. The van der Waals surface area contributed by atoms with E-state index < -0.39 is 11.6 Å². The predicted molar refractivity (Wildman–Crippen MR) is 122 cm³/mol. The summed E-state index contributed by atoms with van der Waals surface area (Å²) in [5.74, 6) is 1.51. The molecule has 9 heteroatoms. The minimum Gasteiger partial charge on any atom is -0.493 e. The van der Waals surface area contributed by atoms with E-state index in [9.17, 15) is 15.2 Å². The van der Waals surface area contributed by atoms with Gasteiger partial charge in [-0.1, -0.05) is 12.1 Å². The van der Waals surface area contributed by atoms with Crippen LogP contribution in [0.4, 0.5) is 0 Å². The van der Waals surface area contributed by atoms with Crippen LogP contribution >= 0.6 is 11.8 Å². The molecule has 0 radical (unpaired) electrons. The van der Waals surface area contributed by atoms with Gasteiger partial charge >= 0.3 is 0 Å². The quantitative estimate of drug-likeness (QED) is 0.689. The van der Waals surface area contributed by atoms with Crippen molar-refractivity contribution in [3.8, 4) is 29.1 Å². The fourth-order valence-corrected chi connectivity index (χ4v) is 5.64. The number of hydrogen-bond acceptors (Lipinski definition) is 8. The topological polar surface area (TPSA) is 101 Å². The number of ether oxygens (including phenoxy) is 4. The van der Waals surface area contributed by atoms with Gasteiger partial charge in [0.25, 0.3) is 0 Å². The molecule has 0 bridgehead atoms. The van der Waals surface area contributed by atoms with Gasteiger partial charge in [0.2, 0.25) is 5.91 Å². The number of rotatable bonds is 6. The molecule has 0 saturated carbocycles. The first kappa shape index (κ1) is 22.8. The molecule has 1 N–H and O–H groups in total. The van der Waals surface area contributed by atoms with E-state index in [0.29, 0.717) is 39.2 Å². The van der Waals surface area contributed by atoms with Gasteiger partial charge in [-0.05, 0) is 29.8 Å². The van der Waals surface area contributed by atoms with E-state index in [4.69, 9.17) is 18.9 Å². The van der Waals surface area contributed by atoms with Gasteiger partial charge in [0.1, 0.15) is 0 Å². The highest BCUT2D eigenvalue weighted by Crippen LogP contribution is 2.52. The SMILES string of the molecule is COc1ccc([C@H]2CC(=O)N3C(=C2C#N)SC[C@]3(O)c2ccc(OC)c(OC)c2)cc1OC. The molecule has 8 nitrogen and oxygen atoms in total. The lowest BCUT2D eigenvalue weighted by atomic mass is 9.85. The molecule has 172 valence electrons. The third-order valence-electron chi connectivity index (χ3n) is 5.97. The average Bonchev–Trinajstić information content (AvgIpc) is 3.21. The molecule has 2 heterocycles. The first-order valence-electron chi connectivity index (χ1n) is 10.2. The Morgan fingerprint density at radius 2 is 1.61 bits per heavy atom. The number of benzene rings is 2. The summed E-state index contributed by atoms with van der Waals surface area (Å²) in [6, 6.07) is 12.7. The number of thioether (sulfide) groups is 1. The highest BCUT2D eigenvalue weighted by Gasteiger charge is 2.52. The highest BCUT2D eigenvalue weighted by molar-refractivity contribution is 8.03. The van der Waals surface area contributed by atoms with Gasteiger partial charge in [0.05, 0.1) is 50.9 Å². The van der Waals surface area contributed by atoms with E-state index in [1.807, 2.05) is 6.07 Å². The van der Waals surface area contributed by atoms with E-state index in [0.717, 1.165) is 5.56 Å². The zero-order valence-electron chi connectivity index (χ0n) is 18.7. The third kappa shape index (κ3) is 3.65. The Morgan fingerprint density at radius 1 is 1.00 bits per heavy atom. The maximum atomic E-state index is 13.4. The van der Waals surface area contributed by atoms with Crippen LogP contribution in [0.1, 0.15) is 23.5 Å². The molecule has 33 heavy (non-hydrogen) atoms. The van der Waals surface area contributed by atoms with Gasteiger partial charge in [-0.3, -0.25) is 9.69 Å². The number of carbonyl (C=O) groups excluding carboxylic acids is 1. The first-order valence-corrected chi connectivity index (χ1v) is 11.2. The van der Waals surface area contributed by atoms with Crippen molar-refractivity contribution in [2.75, 3.05) is 34.2 Å². The van der Waals surface area contributed by atoms with Crippen LogP contribution in [0.2, 0.25) is 0 Å². The molecule has 1 fully saturated rings. The summed E-state index contributed by atoms with van der Waals surface area (Å²) < 4.78 is 21.3. The van der Waals surface area contributed by atoms with Crippen LogP contribution in [-0.2, 0) is 10.5 Å². The van der Waals surface area contributed by atoms with Crippen LogP contribution < -0.4 is 18.9 Å². The minimum atomic E-state index is -1.61. The molecule has 1 saturated heterocycles. The monoisotopic (exact) mass is 468 g/mol. The van der Waals surface area contributed by atoms with Crippen LogP contribution in [0.25, 0.3) is 0 Å². The number of nitriles is 1. The summed E-state index contributed by atoms with van der Waals surface area (Å²) >= 11 is 1.29. The highest BCUT2D eigenvalue weighted by atomic mass is 32.2. The van der Waals surface area contributed by atoms with Gasteiger partial charge < -0.3 is 24.1 Å². The maximum Gasteiger partial charge on any atom is 0.231 e. The van der Waals surface area contributed by atoms with Crippen molar-refractivity contribution in [2.24, 2.45) is 0 Å². The molecule has 0 unspecified atom stereocenters. The molecule has 2 aromatic rings. The number of amides is 1. The molecule has 0 aromatic heterocycles. The Kier molecular flexibility index (Phi) is 6.15. The summed E-state index contributed by atoms with van der Waals surface area (Å²) in [6.07, 6.45) is 0.0397. The van der Waals surface area contributed by atoms with Crippen LogP contribution in [-0.4, -0.2) is 50.1 Å². The van der Waals surface area contributed by atoms with Crippen LogP contribution in [0.3, 0.4) is 0 Å². The second-order valence-corrected chi connectivity index (χ2v) is 8.57. The molecule has 2 aliphatic rings. The van der Waals surface area contributed by atoms with Crippen molar-refractivity contribution in [1.82, 2.24) is 4.90 Å².